The molecule has 2 heterocycles. The highest BCUT2D eigenvalue weighted by Crippen LogP contribution is 2.54. The molecule has 0 bridgehead atoms. The lowest BCUT2D eigenvalue weighted by molar-refractivity contribution is 0.151. The molecule has 0 saturated carbocycles. The molecule has 0 radical (unpaired) electrons. The summed E-state index contributed by atoms with van der Waals surface area (Å²) >= 11 is 10.3. The van der Waals surface area contributed by atoms with Crippen LogP contribution < -0.4 is 14.2 Å². The Balaban J connectivity index is 2.04. The summed E-state index contributed by atoms with van der Waals surface area (Å²) in [6.45, 7) is 1.26. The van der Waals surface area contributed by atoms with Crippen LogP contribution in [0.3, 0.4) is 0 Å². The first-order valence-electron chi connectivity index (χ1n) is 8.86. The number of thioether (sulfide) groups is 2. The number of hydrogen-bond acceptors (Lipinski definition) is 6. The standard InChI is InChI=1S/C20H25ClO4S2/c1-22-17-11-15(12-18(23-2)19(17)24-3)20(26-9-4-10-27-20)7-5-14-13-25-8-6-16(14)21/h5,7,11-12H,4,6,8-10,13H2,1-3H3. The van der Waals surface area contributed by atoms with Gasteiger partial charge in [0.1, 0.15) is 4.08 Å². The minimum Gasteiger partial charge on any atom is -0.493 e. The van der Waals surface area contributed by atoms with Crippen LogP contribution >= 0.6 is 35.1 Å². The molecule has 0 aliphatic carbocycles. The van der Waals surface area contributed by atoms with Crippen LogP contribution in [-0.4, -0.2) is 46.0 Å². The van der Waals surface area contributed by atoms with Gasteiger partial charge in [0.15, 0.2) is 11.5 Å². The molecule has 2 aliphatic rings. The van der Waals surface area contributed by atoms with Crippen molar-refractivity contribution in [2.45, 2.75) is 16.9 Å². The van der Waals surface area contributed by atoms with Crippen LogP contribution in [0.15, 0.2) is 34.9 Å². The van der Waals surface area contributed by atoms with Crippen molar-refractivity contribution < 1.29 is 18.9 Å². The fourth-order valence-electron chi connectivity index (χ4n) is 3.12. The van der Waals surface area contributed by atoms with Gasteiger partial charge >= 0.3 is 0 Å². The predicted molar refractivity (Wildman–Crippen MR) is 115 cm³/mol. The van der Waals surface area contributed by atoms with E-state index in [0.717, 1.165) is 34.1 Å². The Morgan fingerprint density at radius 2 is 1.74 bits per heavy atom. The monoisotopic (exact) mass is 428 g/mol. The largest absolute Gasteiger partial charge is 0.493 e. The summed E-state index contributed by atoms with van der Waals surface area (Å²) in [6, 6.07) is 4.09. The van der Waals surface area contributed by atoms with Gasteiger partial charge in [-0.15, -0.1) is 23.5 Å². The zero-order valence-electron chi connectivity index (χ0n) is 15.9. The summed E-state index contributed by atoms with van der Waals surface area (Å²) in [6.07, 6.45) is 6.34. The van der Waals surface area contributed by atoms with Crippen LogP contribution in [0.1, 0.15) is 18.4 Å². The number of ether oxygens (including phenoxy) is 4. The van der Waals surface area contributed by atoms with Crippen LogP contribution in [-0.2, 0) is 8.82 Å². The predicted octanol–water partition coefficient (Wildman–Crippen LogP) is 5.20. The number of rotatable bonds is 6. The van der Waals surface area contributed by atoms with E-state index >= 15 is 0 Å². The third-order valence-corrected chi connectivity index (χ3v) is 8.29. The van der Waals surface area contributed by atoms with E-state index < -0.39 is 0 Å². The Morgan fingerprint density at radius 1 is 1.07 bits per heavy atom. The van der Waals surface area contributed by atoms with Gasteiger partial charge in [-0.25, -0.2) is 0 Å². The van der Waals surface area contributed by atoms with E-state index in [4.69, 9.17) is 30.5 Å². The highest BCUT2D eigenvalue weighted by atomic mass is 35.5. The van der Waals surface area contributed by atoms with Gasteiger partial charge in [0, 0.05) is 11.5 Å². The highest BCUT2D eigenvalue weighted by molar-refractivity contribution is 8.18. The van der Waals surface area contributed by atoms with Crippen LogP contribution in [0.4, 0.5) is 0 Å². The third kappa shape index (κ3) is 4.56. The average Bonchev–Trinajstić information content (AvgIpc) is 2.72. The Hall–Kier alpha value is -0.950. The fourth-order valence-corrected chi connectivity index (χ4v) is 6.41. The van der Waals surface area contributed by atoms with E-state index in [0.29, 0.717) is 30.5 Å². The minimum absolute atomic E-state index is 0.229. The maximum atomic E-state index is 6.40. The smallest absolute Gasteiger partial charge is 0.203 e. The van der Waals surface area contributed by atoms with Crippen molar-refractivity contribution in [2.75, 3.05) is 46.0 Å². The van der Waals surface area contributed by atoms with Crippen molar-refractivity contribution in [3.05, 3.63) is 40.5 Å². The van der Waals surface area contributed by atoms with E-state index in [1.54, 1.807) is 21.3 Å². The molecule has 0 unspecified atom stereocenters. The first-order chi connectivity index (χ1) is 13.1. The summed E-state index contributed by atoms with van der Waals surface area (Å²) in [5, 5.41) is 0.892. The number of benzene rings is 1. The number of halogens is 1. The van der Waals surface area contributed by atoms with Crippen LogP contribution in [0, 0.1) is 0 Å². The Bertz CT molecular complexity index is 702. The van der Waals surface area contributed by atoms with E-state index in [1.807, 2.05) is 35.7 Å². The van der Waals surface area contributed by atoms with Crippen molar-refractivity contribution in [3.63, 3.8) is 0 Å². The molecular formula is C20H25ClO4S2. The quantitative estimate of drug-likeness (QED) is 0.619. The van der Waals surface area contributed by atoms with E-state index in [-0.39, 0.29) is 4.08 Å². The first-order valence-corrected chi connectivity index (χ1v) is 11.2. The second kappa shape index (κ2) is 9.50. The van der Waals surface area contributed by atoms with Gasteiger partial charge in [0.2, 0.25) is 5.75 Å². The maximum Gasteiger partial charge on any atom is 0.203 e. The topological polar surface area (TPSA) is 36.9 Å². The van der Waals surface area contributed by atoms with Crippen molar-refractivity contribution in [3.8, 4) is 17.2 Å². The molecule has 0 spiro atoms. The number of methoxy groups -OCH3 is 3. The van der Waals surface area contributed by atoms with Crippen molar-refractivity contribution in [1.29, 1.82) is 0 Å². The molecule has 148 valence electrons. The van der Waals surface area contributed by atoms with E-state index in [2.05, 4.69) is 12.2 Å². The van der Waals surface area contributed by atoms with E-state index in [9.17, 15) is 0 Å². The Labute approximate surface area is 174 Å². The fraction of sp³-hybridized carbons (Fsp3) is 0.500. The summed E-state index contributed by atoms with van der Waals surface area (Å²) in [5.41, 5.74) is 2.18. The molecule has 1 fully saturated rings. The average molecular weight is 429 g/mol. The van der Waals surface area contributed by atoms with Crippen LogP contribution in [0.2, 0.25) is 0 Å². The Kier molecular flexibility index (Phi) is 7.31. The third-order valence-electron chi connectivity index (χ3n) is 4.56. The molecular weight excluding hydrogens is 404 g/mol. The molecule has 0 aromatic heterocycles. The van der Waals surface area contributed by atoms with Gasteiger partial charge in [0.25, 0.3) is 0 Å². The summed E-state index contributed by atoms with van der Waals surface area (Å²) in [4.78, 5) is 0. The number of hydrogen-bond donors (Lipinski definition) is 0. The van der Waals surface area contributed by atoms with Gasteiger partial charge in [-0.2, -0.15) is 0 Å². The summed E-state index contributed by atoms with van der Waals surface area (Å²) in [5.74, 6) is 4.14. The summed E-state index contributed by atoms with van der Waals surface area (Å²) in [7, 11) is 4.92. The summed E-state index contributed by atoms with van der Waals surface area (Å²) < 4.78 is 22.0. The molecule has 3 rings (SSSR count). The van der Waals surface area contributed by atoms with Gasteiger partial charge in [-0.3, -0.25) is 0 Å². The first kappa shape index (κ1) is 20.8. The lowest BCUT2D eigenvalue weighted by atomic mass is 10.1. The van der Waals surface area contributed by atoms with Gasteiger partial charge < -0.3 is 18.9 Å². The molecule has 0 amide bonds. The molecule has 0 atom stereocenters. The molecule has 0 N–H and O–H groups in total. The molecule has 1 aromatic rings. The molecule has 4 nitrogen and oxygen atoms in total. The maximum absolute atomic E-state index is 6.40. The SMILES string of the molecule is COc1cc(C2(C=CC3=C(Cl)CCOC3)SCCCS2)cc(OC)c1OC. The lowest BCUT2D eigenvalue weighted by Gasteiger charge is -2.35. The molecule has 27 heavy (non-hydrogen) atoms. The zero-order chi connectivity index (χ0) is 19.3. The Morgan fingerprint density at radius 3 is 2.30 bits per heavy atom. The second-order valence-corrected chi connectivity index (χ2v) is 9.59. The van der Waals surface area contributed by atoms with Gasteiger partial charge in [-0.1, -0.05) is 23.8 Å². The van der Waals surface area contributed by atoms with Crippen molar-refractivity contribution in [2.24, 2.45) is 0 Å². The minimum atomic E-state index is -0.229. The van der Waals surface area contributed by atoms with Crippen molar-refractivity contribution in [1.82, 2.24) is 0 Å². The normalized spacial score (nSPS) is 20.0. The highest BCUT2D eigenvalue weighted by Gasteiger charge is 2.35. The lowest BCUT2D eigenvalue weighted by Crippen LogP contribution is -2.21. The van der Waals surface area contributed by atoms with Crippen LogP contribution in [0.25, 0.3) is 0 Å². The van der Waals surface area contributed by atoms with Gasteiger partial charge in [-0.05, 0) is 41.2 Å². The van der Waals surface area contributed by atoms with Crippen molar-refractivity contribution >= 4 is 35.1 Å². The van der Waals surface area contributed by atoms with Crippen LogP contribution in [0.5, 0.6) is 17.2 Å². The molecule has 2 aliphatic heterocycles. The zero-order valence-corrected chi connectivity index (χ0v) is 18.3. The van der Waals surface area contributed by atoms with E-state index in [1.165, 1.54) is 6.42 Å². The molecule has 1 saturated heterocycles. The molecule has 7 heteroatoms. The molecule has 1 aromatic carbocycles. The van der Waals surface area contributed by atoms with Gasteiger partial charge in [0.05, 0.1) is 34.5 Å². The second-order valence-electron chi connectivity index (χ2n) is 6.20.